The summed E-state index contributed by atoms with van der Waals surface area (Å²) in [5.74, 6) is 2.69. The summed E-state index contributed by atoms with van der Waals surface area (Å²) in [4.78, 5) is 11.8. The number of rotatable bonds is 7. The molecule has 0 radical (unpaired) electrons. The zero-order valence-electron chi connectivity index (χ0n) is 9.58. The number of fused-ring (bicyclic) bond motifs is 1. The van der Waals surface area contributed by atoms with Gasteiger partial charge in [0.1, 0.15) is 5.78 Å². The van der Waals surface area contributed by atoms with Gasteiger partial charge >= 0.3 is 0 Å². The molecule has 2 atom stereocenters. The van der Waals surface area contributed by atoms with Crippen LogP contribution in [-0.2, 0) is 4.79 Å². The summed E-state index contributed by atoms with van der Waals surface area (Å²) >= 11 is 0. The highest BCUT2D eigenvalue weighted by Crippen LogP contribution is 2.58. The van der Waals surface area contributed by atoms with E-state index in [0.29, 0.717) is 11.7 Å². The van der Waals surface area contributed by atoms with Crippen molar-refractivity contribution in [3.8, 4) is 0 Å². The first-order valence-corrected chi connectivity index (χ1v) is 6.48. The van der Waals surface area contributed by atoms with Gasteiger partial charge in [0, 0.05) is 12.3 Å². The molecule has 0 aliphatic heterocycles. The first-order chi connectivity index (χ1) is 7.34. The normalized spacial score (nSPS) is 32.4. The predicted molar refractivity (Wildman–Crippen MR) is 62.6 cm³/mol. The summed E-state index contributed by atoms with van der Waals surface area (Å²) in [5.41, 5.74) is 0. The highest BCUT2D eigenvalue weighted by molar-refractivity contribution is 5.84. The van der Waals surface area contributed by atoms with E-state index in [2.05, 4.69) is 6.58 Å². The van der Waals surface area contributed by atoms with Crippen molar-refractivity contribution >= 4 is 5.78 Å². The van der Waals surface area contributed by atoms with Gasteiger partial charge in [0.25, 0.3) is 0 Å². The lowest BCUT2D eigenvalue weighted by Gasteiger charge is -2.02. The number of unbranched alkanes of at least 4 members (excludes halogenated alkanes) is 3. The summed E-state index contributed by atoms with van der Waals surface area (Å²) in [6.07, 6.45) is 11.4. The minimum atomic E-state index is 0.498. The number of hydrogen-bond donors (Lipinski definition) is 0. The summed E-state index contributed by atoms with van der Waals surface area (Å²) in [7, 11) is 0. The average molecular weight is 206 g/mol. The number of Topliss-reactive ketones (excluding diaryl/α,β-unsaturated/α-hetero) is 1. The molecule has 0 saturated heterocycles. The SMILES string of the molecule is C=CCCCCCC(=O)C1C2CCCC21. The molecule has 84 valence electrons. The number of allylic oxidation sites excluding steroid dienone is 1. The van der Waals surface area contributed by atoms with Crippen LogP contribution in [0, 0.1) is 17.8 Å². The van der Waals surface area contributed by atoms with Crippen LogP contribution < -0.4 is 0 Å². The van der Waals surface area contributed by atoms with E-state index in [-0.39, 0.29) is 0 Å². The maximum absolute atomic E-state index is 11.8. The van der Waals surface area contributed by atoms with Gasteiger partial charge in [0.2, 0.25) is 0 Å². The minimum absolute atomic E-state index is 0.498. The molecule has 2 fully saturated rings. The van der Waals surface area contributed by atoms with Crippen molar-refractivity contribution < 1.29 is 4.79 Å². The van der Waals surface area contributed by atoms with Gasteiger partial charge < -0.3 is 0 Å². The van der Waals surface area contributed by atoms with Crippen LogP contribution >= 0.6 is 0 Å². The van der Waals surface area contributed by atoms with Crippen molar-refractivity contribution in [1.82, 2.24) is 0 Å². The Morgan fingerprint density at radius 3 is 2.60 bits per heavy atom. The fraction of sp³-hybridized carbons (Fsp3) is 0.786. The lowest BCUT2D eigenvalue weighted by molar-refractivity contribution is -0.121. The van der Waals surface area contributed by atoms with E-state index in [9.17, 15) is 4.79 Å². The molecule has 1 heteroatoms. The molecule has 0 N–H and O–H groups in total. The molecule has 0 bridgehead atoms. The number of hydrogen-bond acceptors (Lipinski definition) is 1. The molecule has 0 aromatic carbocycles. The monoisotopic (exact) mass is 206 g/mol. The first-order valence-electron chi connectivity index (χ1n) is 6.48. The van der Waals surface area contributed by atoms with Crippen LogP contribution in [0.2, 0.25) is 0 Å². The highest BCUT2D eigenvalue weighted by Gasteiger charge is 2.55. The molecular weight excluding hydrogens is 184 g/mol. The average Bonchev–Trinajstić information content (AvgIpc) is 2.72. The Balaban J connectivity index is 1.56. The van der Waals surface area contributed by atoms with Gasteiger partial charge in [-0.1, -0.05) is 18.9 Å². The van der Waals surface area contributed by atoms with Crippen LogP contribution in [-0.4, -0.2) is 5.78 Å². The van der Waals surface area contributed by atoms with Crippen molar-refractivity contribution in [2.24, 2.45) is 17.8 Å². The van der Waals surface area contributed by atoms with Crippen LogP contribution in [0.1, 0.15) is 51.4 Å². The highest BCUT2D eigenvalue weighted by atomic mass is 16.1. The van der Waals surface area contributed by atoms with Crippen molar-refractivity contribution in [3.05, 3.63) is 12.7 Å². The van der Waals surface area contributed by atoms with Gasteiger partial charge in [0.05, 0.1) is 0 Å². The van der Waals surface area contributed by atoms with Crippen LogP contribution in [0.15, 0.2) is 12.7 Å². The van der Waals surface area contributed by atoms with Crippen LogP contribution in [0.4, 0.5) is 0 Å². The Labute approximate surface area is 92.9 Å². The Hall–Kier alpha value is -0.590. The Morgan fingerprint density at radius 2 is 1.93 bits per heavy atom. The van der Waals surface area contributed by atoms with Crippen molar-refractivity contribution in [2.45, 2.75) is 51.4 Å². The molecule has 0 aromatic heterocycles. The number of ketones is 1. The third kappa shape index (κ3) is 2.50. The van der Waals surface area contributed by atoms with Gasteiger partial charge in [-0.15, -0.1) is 6.58 Å². The molecule has 0 amide bonds. The van der Waals surface area contributed by atoms with Gasteiger partial charge in [-0.2, -0.15) is 0 Å². The fourth-order valence-corrected chi connectivity index (χ4v) is 3.23. The lowest BCUT2D eigenvalue weighted by atomic mass is 10.0. The van der Waals surface area contributed by atoms with Crippen LogP contribution in [0.25, 0.3) is 0 Å². The van der Waals surface area contributed by atoms with E-state index in [1.165, 1.54) is 32.1 Å². The minimum Gasteiger partial charge on any atom is -0.299 e. The maximum atomic E-state index is 11.8. The molecule has 2 aliphatic rings. The fourth-order valence-electron chi connectivity index (χ4n) is 3.23. The molecule has 0 heterocycles. The maximum Gasteiger partial charge on any atom is 0.136 e. The van der Waals surface area contributed by atoms with Gasteiger partial charge in [-0.25, -0.2) is 0 Å². The van der Waals surface area contributed by atoms with Crippen LogP contribution in [0.3, 0.4) is 0 Å². The molecule has 2 rings (SSSR count). The molecule has 0 spiro atoms. The topological polar surface area (TPSA) is 17.1 Å². The lowest BCUT2D eigenvalue weighted by Crippen LogP contribution is -2.05. The van der Waals surface area contributed by atoms with E-state index in [0.717, 1.165) is 31.1 Å². The number of carbonyl (C=O) groups excluding carboxylic acids is 1. The van der Waals surface area contributed by atoms with E-state index >= 15 is 0 Å². The van der Waals surface area contributed by atoms with Crippen LogP contribution in [0.5, 0.6) is 0 Å². The molecule has 15 heavy (non-hydrogen) atoms. The van der Waals surface area contributed by atoms with Gasteiger partial charge in [-0.05, 0) is 43.9 Å². The molecule has 2 unspecified atom stereocenters. The second-order valence-corrected chi connectivity index (χ2v) is 5.14. The summed E-state index contributed by atoms with van der Waals surface area (Å²) < 4.78 is 0. The Bertz CT molecular complexity index is 234. The van der Waals surface area contributed by atoms with Crippen molar-refractivity contribution in [1.29, 1.82) is 0 Å². The summed E-state index contributed by atoms with van der Waals surface area (Å²) in [6, 6.07) is 0. The van der Waals surface area contributed by atoms with Crippen molar-refractivity contribution in [2.75, 3.05) is 0 Å². The molecule has 0 aromatic rings. The zero-order valence-corrected chi connectivity index (χ0v) is 9.58. The molecular formula is C14H22O. The van der Waals surface area contributed by atoms with Gasteiger partial charge in [-0.3, -0.25) is 4.79 Å². The third-order valence-corrected chi connectivity index (χ3v) is 4.11. The predicted octanol–water partition coefficient (Wildman–Crippen LogP) is 3.74. The van der Waals surface area contributed by atoms with Crippen molar-refractivity contribution in [3.63, 3.8) is 0 Å². The summed E-state index contributed by atoms with van der Waals surface area (Å²) in [6.45, 7) is 3.70. The summed E-state index contributed by atoms with van der Waals surface area (Å²) in [5, 5.41) is 0. The van der Waals surface area contributed by atoms with E-state index < -0.39 is 0 Å². The standard InChI is InChI=1S/C14H22O/c1-2-3-4-5-6-10-13(15)14-11-8-7-9-12(11)14/h2,11-12,14H,1,3-10H2. The smallest absolute Gasteiger partial charge is 0.136 e. The van der Waals surface area contributed by atoms with E-state index in [4.69, 9.17) is 0 Å². The zero-order chi connectivity index (χ0) is 10.7. The number of carbonyl (C=O) groups is 1. The third-order valence-electron chi connectivity index (χ3n) is 4.11. The van der Waals surface area contributed by atoms with E-state index in [1.807, 2.05) is 6.08 Å². The quantitative estimate of drug-likeness (QED) is 0.458. The largest absolute Gasteiger partial charge is 0.299 e. The second-order valence-electron chi connectivity index (χ2n) is 5.14. The van der Waals surface area contributed by atoms with Gasteiger partial charge in [0.15, 0.2) is 0 Å². The molecule has 2 aliphatic carbocycles. The second kappa shape index (κ2) is 4.96. The Morgan fingerprint density at radius 1 is 1.20 bits per heavy atom. The first kappa shape index (κ1) is 10.9. The molecule has 2 saturated carbocycles. The van der Waals surface area contributed by atoms with E-state index in [1.54, 1.807) is 0 Å². The Kier molecular flexibility index (Phi) is 3.61. The molecule has 1 nitrogen and oxygen atoms in total.